The molecule has 0 saturated carbocycles. The van der Waals surface area contributed by atoms with Gasteiger partial charge in [0.1, 0.15) is 5.69 Å². The number of urea groups is 1. The third kappa shape index (κ3) is 4.13. The van der Waals surface area contributed by atoms with Crippen molar-refractivity contribution in [1.82, 2.24) is 15.4 Å². The van der Waals surface area contributed by atoms with Crippen LogP contribution in [0.1, 0.15) is 29.7 Å². The van der Waals surface area contributed by atoms with Gasteiger partial charge in [-0.1, -0.05) is 47.1 Å². The molecule has 1 aromatic heterocycles. The zero-order valence-electron chi connectivity index (χ0n) is 15.6. The van der Waals surface area contributed by atoms with Crippen LogP contribution in [0, 0.1) is 12.8 Å². The molecular weight excluding hydrogens is 338 g/mol. The number of nitrogens with zero attached hydrogens (tertiary/aromatic N) is 2. The van der Waals surface area contributed by atoms with E-state index in [0.717, 1.165) is 54.6 Å². The first kappa shape index (κ1) is 17.6. The van der Waals surface area contributed by atoms with Crippen LogP contribution >= 0.6 is 0 Å². The summed E-state index contributed by atoms with van der Waals surface area (Å²) in [6.45, 7) is 4.04. The molecule has 2 amide bonds. The standard InChI is InChI=1S/C22H25N3O2/c1-16-7-8-21-19(13-16)20(24-27-21)15-23-22(26)25-11-9-18(10-12-25)14-17-5-3-2-4-6-17/h2-8,13,18H,9-12,14-15H2,1H3,(H,23,26). The van der Waals surface area contributed by atoms with Crippen molar-refractivity contribution in [1.29, 1.82) is 0 Å². The number of rotatable bonds is 4. The molecule has 1 fully saturated rings. The number of amides is 2. The Labute approximate surface area is 159 Å². The number of hydrogen-bond donors (Lipinski definition) is 1. The molecule has 5 nitrogen and oxygen atoms in total. The summed E-state index contributed by atoms with van der Waals surface area (Å²) in [4.78, 5) is 14.4. The molecule has 2 aromatic carbocycles. The van der Waals surface area contributed by atoms with Crippen LogP contribution in [0.4, 0.5) is 4.79 Å². The molecule has 5 heteroatoms. The van der Waals surface area contributed by atoms with E-state index in [2.05, 4.69) is 40.8 Å². The van der Waals surface area contributed by atoms with Crippen molar-refractivity contribution in [3.8, 4) is 0 Å². The third-order valence-corrected chi connectivity index (χ3v) is 5.38. The molecule has 4 rings (SSSR count). The topological polar surface area (TPSA) is 58.4 Å². The predicted octanol–water partition coefficient (Wildman–Crippen LogP) is 4.30. The van der Waals surface area contributed by atoms with Gasteiger partial charge in [-0.25, -0.2) is 4.79 Å². The number of nitrogens with one attached hydrogen (secondary N) is 1. The molecule has 0 unspecified atom stereocenters. The van der Waals surface area contributed by atoms with E-state index in [-0.39, 0.29) is 6.03 Å². The van der Waals surface area contributed by atoms with Crippen molar-refractivity contribution in [2.24, 2.45) is 5.92 Å². The minimum atomic E-state index is -0.0167. The Morgan fingerprint density at radius 1 is 1.19 bits per heavy atom. The molecular formula is C22H25N3O2. The molecule has 0 bridgehead atoms. The van der Waals surface area contributed by atoms with Gasteiger partial charge in [0.2, 0.25) is 0 Å². The number of carbonyl (C=O) groups is 1. The molecule has 0 radical (unpaired) electrons. The molecule has 3 aromatic rings. The average Bonchev–Trinajstić information content (AvgIpc) is 3.09. The van der Waals surface area contributed by atoms with Gasteiger partial charge in [-0.05, 0) is 49.8 Å². The van der Waals surface area contributed by atoms with Crippen molar-refractivity contribution in [3.05, 3.63) is 65.4 Å². The van der Waals surface area contributed by atoms with Crippen molar-refractivity contribution in [2.45, 2.75) is 32.7 Å². The Bertz CT molecular complexity index is 912. The average molecular weight is 363 g/mol. The Balaban J connectivity index is 1.28. The number of aryl methyl sites for hydroxylation is 1. The van der Waals surface area contributed by atoms with E-state index in [1.165, 1.54) is 5.56 Å². The number of likely N-dealkylation sites (tertiary alicyclic amines) is 1. The largest absolute Gasteiger partial charge is 0.356 e. The van der Waals surface area contributed by atoms with Crippen LogP contribution in [0.3, 0.4) is 0 Å². The molecule has 0 atom stereocenters. The second-order valence-corrected chi connectivity index (χ2v) is 7.41. The number of benzene rings is 2. The number of hydrogen-bond acceptors (Lipinski definition) is 3. The minimum Gasteiger partial charge on any atom is -0.356 e. The lowest BCUT2D eigenvalue weighted by molar-refractivity contribution is 0.170. The second-order valence-electron chi connectivity index (χ2n) is 7.41. The number of piperidine rings is 1. The van der Waals surface area contributed by atoms with Crippen LogP contribution in [0.15, 0.2) is 53.1 Å². The smallest absolute Gasteiger partial charge is 0.317 e. The highest BCUT2D eigenvalue weighted by atomic mass is 16.5. The van der Waals surface area contributed by atoms with E-state index in [9.17, 15) is 4.79 Å². The first-order valence-electron chi connectivity index (χ1n) is 9.60. The molecule has 140 valence electrons. The normalized spacial score (nSPS) is 15.2. The molecule has 1 saturated heterocycles. The molecule has 0 spiro atoms. The summed E-state index contributed by atoms with van der Waals surface area (Å²) < 4.78 is 5.34. The van der Waals surface area contributed by atoms with Crippen LogP contribution < -0.4 is 5.32 Å². The number of aromatic nitrogens is 1. The fourth-order valence-corrected chi connectivity index (χ4v) is 3.79. The summed E-state index contributed by atoms with van der Waals surface area (Å²) in [7, 11) is 0. The highest BCUT2D eigenvalue weighted by molar-refractivity contribution is 5.81. The van der Waals surface area contributed by atoms with Gasteiger partial charge in [0.15, 0.2) is 5.58 Å². The number of fused-ring (bicyclic) bond motifs is 1. The molecule has 1 N–H and O–H groups in total. The van der Waals surface area contributed by atoms with Gasteiger partial charge in [0.05, 0.1) is 6.54 Å². The summed E-state index contributed by atoms with van der Waals surface area (Å²) in [5.74, 6) is 0.652. The molecule has 1 aliphatic heterocycles. The SMILES string of the molecule is Cc1ccc2onc(CNC(=O)N3CCC(Cc4ccccc4)CC3)c2c1. The highest BCUT2D eigenvalue weighted by Gasteiger charge is 2.23. The molecule has 1 aliphatic rings. The van der Waals surface area contributed by atoms with E-state index in [0.29, 0.717) is 12.5 Å². The van der Waals surface area contributed by atoms with E-state index in [4.69, 9.17) is 4.52 Å². The molecule has 0 aliphatic carbocycles. The lowest BCUT2D eigenvalue weighted by Gasteiger charge is -2.32. The van der Waals surface area contributed by atoms with Gasteiger partial charge in [-0.2, -0.15) is 0 Å². The lowest BCUT2D eigenvalue weighted by Crippen LogP contribution is -2.44. The van der Waals surface area contributed by atoms with Gasteiger partial charge in [-0.3, -0.25) is 0 Å². The number of carbonyl (C=O) groups excluding carboxylic acids is 1. The van der Waals surface area contributed by atoms with Crippen LogP contribution in [0.25, 0.3) is 11.0 Å². The van der Waals surface area contributed by atoms with Crippen molar-refractivity contribution >= 4 is 17.0 Å². The van der Waals surface area contributed by atoms with Crippen molar-refractivity contribution in [2.75, 3.05) is 13.1 Å². The van der Waals surface area contributed by atoms with Gasteiger partial charge < -0.3 is 14.7 Å². The maximum Gasteiger partial charge on any atom is 0.317 e. The maximum absolute atomic E-state index is 12.5. The van der Waals surface area contributed by atoms with Gasteiger partial charge >= 0.3 is 6.03 Å². The van der Waals surface area contributed by atoms with Gasteiger partial charge in [0, 0.05) is 18.5 Å². The molecule has 2 heterocycles. The van der Waals surface area contributed by atoms with Crippen LogP contribution in [-0.4, -0.2) is 29.2 Å². The van der Waals surface area contributed by atoms with Crippen LogP contribution in [0.5, 0.6) is 0 Å². The first-order chi connectivity index (χ1) is 13.2. The Kier molecular flexibility index (Phi) is 5.10. The van der Waals surface area contributed by atoms with Crippen LogP contribution in [-0.2, 0) is 13.0 Å². The summed E-state index contributed by atoms with van der Waals surface area (Å²) in [6, 6.07) is 16.5. The van der Waals surface area contributed by atoms with Crippen molar-refractivity contribution in [3.63, 3.8) is 0 Å². The summed E-state index contributed by atoms with van der Waals surface area (Å²) >= 11 is 0. The Hall–Kier alpha value is -2.82. The summed E-state index contributed by atoms with van der Waals surface area (Å²) in [5, 5.41) is 8.07. The molecule has 27 heavy (non-hydrogen) atoms. The quantitative estimate of drug-likeness (QED) is 0.752. The van der Waals surface area contributed by atoms with E-state index >= 15 is 0 Å². The van der Waals surface area contributed by atoms with E-state index in [1.807, 2.05) is 30.0 Å². The zero-order chi connectivity index (χ0) is 18.6. The van der Waals surface area contributed by atoms with Crippen molar-refractivity contribution < 1.29 is 9.32 Å². The maximum atomic E-state index is 12.5. The summed E-state index contributed by atoms with van der Waals surface area (Å²) in [6.07, 6.45) is 3.20. The monoisotopic (exact) mass is 363 g/mol. The highest BCUT2D eigenvalue weighted by Crippen LogP contribution is 2.22. The fourth-order valence-electron chi connectivity index (χ4n) is 3.79. The minimum absolute atomic E-state index is 0.0167. The van der Waals surface area contributed by atoms with Gasteiger partial charge in [-0.15, -0.1) is 0 Å². The lowest BCUT2D eigenvalue weighted by atomic mass is 9.90. The Morgan fingerprint density at radius 2 is 1.96 bits per heavy atom. The Morgan fingerprint density at radius 3 is 2.74 bits per heavy atom. The predicted molar refractivity (Wildman–Crippen MR) is 105 cm³/mol. The second kappa shape index (κ2) is 7.82. The van der Waals surface area contributed by atoms with Crippen LogP contribution in [0.2, 0.25) is 0 Å². The fraction of sp³-hybridized carbons (Fsp3) is 0.364. The van der Waals surface area contributed by atoms with Gasteiger partial charge in [0.25, 0.3) is 0 Å². The van der Waals surface area contributed by atoms with E-state index in [1.54, 1.807) is 0 Å². The zero-order valence-corrected chi connectivity index (χ0v) is 15.6. The van der Waals surface area contributed by atoms with E-state index < -0.39 is 0 Å². The first-order valence-corrected chi connectivity index (χ1v) is 9.60. The third-order valence-electron chi connectivity index (χ3n) is 5.38. The summed E-state index contributed by atoms with van der Waals surface area (Å²) in [5.41, 5.74) is 4.07.